The first-order valence-electron chi connectivity index (χ1n) is 6.83. The van der Waals surface area contributed by atoms with Gasteiger partial charge in [-0.15, -0.1) is 11.8 Å². The van der Waals surface area contributed by atoms with E-state index in [1.165, 1.54) is 23.9 Å². The van der Waals surface area contributed by atoms with E-state index < -0.39 is 10.9 Å². The van der Waals surface area contributed by atoms with E-state index in [1.807, 2.05) is 36.4 Å². The van der Waals surface area contributed by atoms with Gasteiger partial charge in [-0.25, -0.2) is 4.79 Å². The van der Waals surface area contributed by atoms with Gasteiger partial charge in [0.05, 0.1) is 15.4 Å². The number of benzene rings is 2. The highest BCUT2D eigenvalue weighted by Gasteiger charge is 2.17. The lowest BCUT2D eigenvalue weighted by Gasteiger charge is -2.04. The molecule has 0 spiro atoms. The Hall–Kier alpha value is -2.60. The van der Waals surface area contributed by atoms with E-state index in [9.17, 15) is 14.9 Å². The number of esters is 1. The molecule has 0 saturated heterocycles. The van der Waals surface area contributed by atoms with Gasteiger partial charge in [-0.05, 0) is 30.0 Å². The number of hydrogen-bond acceptors (Lipinski definition) is 5. The number of thioether (sulfide) groups is 1. The Morgan fingerprint density at radius 1 is 1.26 bits per heavy atom. The standard InChI is InChI=1S/C17H15NO4S/c1-23-16-10-9-14(12-15(16)18(20)21)17(19)22-11-5-8-13-6-3-2-4-7-13/h2-10,12H,11H2,1H3/b8-5+. The van der Waals surface area contributed by atoms with Gasteiger partial charge in [0.15, 0.2) is 0 Å². The normalized spacial score (nSPS) is 10.7. The average Bonchev–Trinajstić information content (AvgIpc) is 2.58. The van der Waals surface area contributed by atoms with Crippen LogP contribution in [0.3, 0.4) is 0 Å². The second-order valence-corrected chi connectivity index (χ2v) is 5.40. The summed E-state index contributed by atoms with van der Waals surface area (Å²) in [6.45, 7) is 0.103. The van der Waals surface area contributed by atoms with Crippen molar-refractivity contribution in [3.8, 4) is 0 Å². The number of nitrogens with zero attached hydrogens (tertiary/aromatic N) is 1. The number of rotatable bonds is 6. The zero-order valence-electron chi connectivity index (χ0n) is 12.5. The van der Waals surface area contributed by atoms with Crippen LogP contribution in [0.2, 0.25) is 0 Å². The molecule has 0 radical (unpaired) electrons. The zero-order valence-corrected chi connectivity index (χ0v) is 13.3. The molecule has 0 atom stereocenters. The van der Waals surface area contributed by atoms with Crippen molar-refractivity contribution in [3.63, 3.8) is 0 Å². The number of carbonyl (C=O) groups is 1. The highest BCUT2D eigenvalue weighted by molar-refractivity contribution is 7.98. The van der Waals surface area contributed by atoms with E-state index in [4.69, 9.17) is 4.74 Å². The van der Waals surface area contributed by atoms with Gasteiger partial charge in [0.1, 0.15) is 6.61 Å². The van der Waals surface area contributed by atoms with E-state index in [0.717, 1.165) is 5.56 Å². The summed E-state index contributed by atoms with van der Waals surface area (Å²) in [4.78, 5) is 23.0. The summed E-state index contributed by atoms with van der Waals surface area (Å²) in [5, 5.41) is 11.0. The summed E-state index contributed by atoms with van der Waals surface area (Å²) in [5.74, 6) is -0.585. The first-order chi connectivity index (χ1) is 11.1. The third-order valence-corrected chi connectivity index (χ3v) is 3.82. The van der Waals surface area contributed by atoms with Crippen molar-refractivity contribution >= 4 is 29.5 Å². The maximum atomic E-state index is 11.9. The maximum Gasteiger partial charge on any atom is 0.338 e. The van der Waals surface area contributed by atoms with E-state index >= 15 is 0 Å². The monoisotopic (exact) mass is 329 g/mol. The van der Waals surface area contributed by atoms with Gasteiger partial charge in [0, 0.05) is 6.07 Å². The molecule has 2 aromatic rings. The molecule has 118 valence electrons. The average molecular weight is 329 g/mol. The fraction of sp³-hybridized carbons (Fsp3) is 0.118. The summed E-state index contributed by atoms with van der Waals surface area (Å²) < 4.78 is 5.10. The van der Waals surface area contributed by atoms with Gasteiger partial charge in [-0.2, -0.15) is 0 Å². The predicted octanol–water partition coefficient (Wildman–Crippen LogP) is 4.19. The third kappa shape index (κ3) is 4.69. The number of hydrogen-bond donors (Lipinski definition) is 0. The van der Waals surface area contributed by atoms with Crippen LogP contribution in [0.1, 0.15) is 15.9 Å². The largest absolute Gasteiger partial charge is 0.458 e. The minimum atomic E-state index is -0.585. The molecule has 2 rings (SSSR count). The van der Waals surface area contributed by atoms with Crippen molar-refractivity contribution in [2.24, 2.45) is 0 Å². The lowest BCUT2D eigenvalue weighted by atomic mass is 10.2. The highest BCUT2D eigenvalue weighted by Crippen LogP contribution is 2.28. The second kappa shape index (κ2) is 8.14. The SMILES string of the molecule is CSc1ccc(C(=O)OC/C=C/c2ccccc2)cc1[N+](=O)[O-]. The van der Waals surface area contributed by atoms with E-state index in [-0.39, 0.29) is 17.9 Å². The van der Waals surface area contributed by atoms with Crippen LogP contribution in [0.5, 0.6) is 0 Å². The Bertz CT molecular complexity index is 729. The van der Waals surface area contributed by atoms with Gasteiger partial charge < -0.3 is 4.74 Å². The molecular formula is C17H15NO4S. The fourth-order valence-corrected chi connectivity index (χ4v) is 2.46. The molecule has 0 amide bonds. The Morgan fingerprint density at radius 3 is 2.65 bits per heavy atom. The molecule has 0 N–H and O–H groups in total. The summed E-state index contributed by atoms with van der Waals surface area (Å²) in [5.41, 5.74) is 1.08. The van der Waals surface area contributed by atoms with E-state index in [2.05, 4.69) is 0 Å². The van der Waals surface area contributed by atoms with Crippen LogP contribution < -0.4 is 0 Å². The number of nitro benzene ring substituents is 1. The van der Waals surface area contributed by atoms with Crippen molar-refractivity contribution in [3.05, 3.63) is 75.8 Å². The van der Waals surface area contributed by atoms with Crippen LogP contribution in [0.15, 0.2) is 59.5 Å². The molecule has 0 fully saturated rings. The summed E-state index contributed by atoms with van der Waals surface area (Å²) in [7, 11) is 0. The Morgan fingerprint density at radius 2 is 2.00 bits per heavy atom. The van der Waals surface area contributed by atoms with Gasteiger partial charge in [0.2, 0.25) is 0 Å². The van der Waals surface area contributed by atoms with Crippen molar-refractivity contribution in [2.75, 3.05) is 12.9 Å². The minimum Gasteiger partial charge on any atom is -0.458 e. The smallest absolute Gasteiger partial charge is 0.338 e. The predicted molar refractivity (Wildman–Crippen MR) is 90.6 cm³/mol. The van der Waals surface area contributed by atoms with Crippen LogP contribution in [-0.2, 0) is 4.74 Å². The van der Waals surface area contributed by atoms with Crippen LogP contribution in [0.25, 0.3) is 6.08 Å². The molecule has 0 heterocycles. The van der Waals surface area contributed by atoms with Crippen molar-refractivity contribution in [2.45, 2.75) is 4.90 Å². The van der Waals surface area contributed by atoms with Crippen LogP contribution in [0, 0.1) is 10.1 Å². The van der Waals surface area contributed by atoms with Gasteiger partial charge in [-0.1, -0.05) is 36.4 Å². The van der Waals surface area contributed by atoms with Gasteiger partial charge in [-0.3, -0.25) is 10.1 Å². The van der Waals surface area contributed by atoms with Crippen molar-refractivity contribution < 1.29 is 14.5 Å². The first-order valence-corrected chi connectivity index (χ1v) is 8.05. The molecule has 6 heteroatoms. The molecule has 0 aromatic heterocycles. The highest BCUT2D eigenvalue weighted by atomic mass is 32.2. The minimum absolute atomic E-state index is 0.0909. The quantitative estimate of drug-likeness (QED) is 0.344. The molecule has 0 aliphatic carbocycles. The van der Waals surface area contributed by atoms with Crippen molar-refractivity contribution in [1.82, 2.24) is 0 Å². The van der Waals surface area contributed by atoms with Gasteiger partial charge >= 0.3 is 5.97 Å². The number of ether oxygens (including phenoxy) is 1. The molecular weight excluding hydrogens is 314 g/mol. The van der Waals surface area contributed by atoms with Crippen LogP contribution in [-0.4, -0.2) is 23.8 Å². The molecule has 2 aromatic carbocycles. The third-order valence-electron chi connectivity index (χ3n) is 3.03. The summed E-state index contributed by atoms with van der Waals surface area (Å²) >= 11 is 1.26. The molecule has 5 nitrogen and oxygen atoms in total. The Labute approximate surface area is 138 Å². The maximum absolute atomic E-state index is 11.9. The lowest BCUT2D eigenvalue weighted by molar-refractivity contribution is -0.387. The molecule has 23 heavy (non-hydrogen) atoms. The summed E-state index contributed by atoms with van der Waals surface area (Å²) in [6.07, 6.45) is 5.30. The zero-order chi connectivity index (χ0) is 16.7. The lowest BCUT2D eigenvalue weighted by Crippen LogP contribution is -2.06. The fourth-order valence-electron chi connectivity index (χ4n) is 1.92. The molecule has 0 aliphatic rings. The van der Waals surface area contributed by atoms with Crippen molar-refractivity contribution in [1.29, 1.82) is 0 Å². The van der Waals surface area contributed by atoms with E-state index in [1.54, 1.807) is 18.4 Å². The first kappa shape index (κ1) is 16.8. The van der Waals surface area contributed by atoms with E-state index in [0.29, 0.717) is 4.90 Å². The number of carbonyl (C=O) groups excluding carboxylic acids is 1. The molecule has 0 unspecified atom stereocenters. The topological polar surface area (TPSA) is 69.4 Å². The second-order valence-electron chi connectivity index (χ2n) is 4.56. The Balaban J connectivity index is 1.99. The Kier molecular flexibility index (Phi) is 5.94. The van der Waals surface area contributed by atoms with Crippen LogP contribution >= 0.6 is 11.8 Å². The molecule has 0 saturated carbocycles. The summed E-state index contributed by atoms with van der Waals surface area (Å²) in [6, 6.07) is 13.9. The molecule has 0 aliphatic heterocycles. The molecule has 0 bridgehead atoms. The van der Waals surface area contributed by atoms with Crippen LogP contribution in [0.4, 0.5) is 5.69 Å². The van der Waals surface area contributed by atoms with Gasteiger partial charge in [0.25, 0.3) is 5.69 Å². The number of nitro groups is 1.